The van der Waals surface area contributed by atoms with Gasteiger partial charge in [-0.1, -0.05) is 32.1 Å². The van der Waals surface area contributed by atoms with E-state index in [1.54, 1.807) is 0 Å². The van der Waals surface area contributed by atoms with E-state index in [0.29, 0.717) is 6.42 Å². The molecule has 3 heteroatoms. The quantitative estimate of drug-likeness (QED) is 0.792. The summed E-state index contributed by atoms with van der Waals surface area (Å²) in [6.45, 7) is 4.86. The molecule has 106 valence electrons. The number of nitrogens with two attached hydrogens (primary N) is 1. The zero-order chi connectivity index (χ0) is 13.6. The van der Waals surface area contributed by atoms with Crippen molar-refractivity contribution >= 4 is 5.91 Å². The third-order valence-electron chi connectivity index (χ3n) is 4.01. The molecule has 0 heterocycles. The van der Waals surface area contributed by atoms with Crippen LogP contribution >= 0.6 is 0 Å². The second kappa shape index (κ2) is 7.13. The van der Waals surface area contributed by atoms with E-state index in [1.165, 1.54) is 38.5 Å². The van der Waals surface area contributed by atoms with Crippen LogP contribution in [-0.2, 0) is 4.79 Å². The fourth-order valence-corrected chi connectivity index (χ4v) is 2.60. The first-order chi connectivity index (χ1) is 8.38. The summed E-state index contributed by atoms with van der Waals surface area (Å²) in [6, 6.07) is 0. The van der Waals surface area contributed by atoms with Crippen molar-refractivity contribution in [3.8, 4) is 0 Å². The Hall–Kier alpha value is -0.570. The van der Waals surface area contributed by atoms with Crippen LogP contribution in [0.4, 0.5) is 0 Å². The Labute approximate surface area is 112 Å². The Morgan fingerprint density at radius 3 is 2.44 bits per heavy atom. The molecular formula is C15H30N2O. The van der Waals surface area contributed by atoms with Crippen LogP contribution in [0.2, 0.25) is 0 Å². The van der Waals surface area contributed by atoms with E-state index in [-0.39, 0.29) is 11.4 Å². The molecule has 1 aliphatic carbocycles. The summed E-state index contributed by atoms with van der Waals surface area (Å²) in [5, 5.41) is 0. The van der Waals surface area contributed by atoms with Gasteiger partial charge >= 0.3 is 0 Å². The van der Waals surface area contributed by atoms with Crippen molar-refractivity contribution in [3.63, 3.8) is 0 Å². The van der Waals surface area contributed by atoms with Gasteiger partial charge in [0, 0.05) is 25.6 Å². The summed E-state index contributed by atoms with van der Waals surface area (Å²) in [6.07, 6.45) is 9.39. The standard InChI is InChI=1S/C15H30N2O/c1-15(2,16)11-9-14(18)17(3)12-10-13-7-5-4-6-8-13/h13H,4-12,16H2,1-3H3. The van der Waals surface area contributed by atoms with Gasteiger partial charge in [0.15, 0.2) is 0 Å². The number of rotatable bonds is 6. The van der Waals surface area contributed by atoms with Gasteiger partial charge in [0.05, 0.1) is 0 Å². The highest BCUT2D eigenvalue weighted by atomic mass is 16.2. The average molecular weight is 254 g/mol. The minimum atomic E-state index is -0.236. The topological polar surface area (TPSA) is 46.3 Å². The lowest BCUT2D eigenvalue weighted by molar-refractivity contribution is -0.130. The van der Waals surface area contributed by atoms with Crippen molar-refractivity contribution < 1.29 is 4.79 Å². The fraction of sp³-hybridized carbons (Fsp3) is 0.933. The number of carbonyl (C=O) groups excluding carboxylic acids is 1. The summed E-state index contributed by atoms with van der Waals surface area (Å²) >= 11 is 0. The number of hydrogen-bond donors (Lipinski definition) is 1. The van der Waals surface area contributed by atoms with Gasteiger partial charge in [0.25, 0.3) is 0 Å². The van der Waals surface area contributed by atoms with Gasteiger partial charge in [0.1, 0.15) is 0 Å². The molecule has 0 bridgehead atoms. The van der Waals surface area contributed by atoms with Crippen LogP contribution in [0.15, 0.2) is 0 Å². The predicted octanol–water partition coefficient (Wildman–Crippen LogP) is 2.93. The van der Waals surface area contributed by atoms with Crippen LogP contribution in [-0.4, -0.2) is 29.9 Å². The highest BCUT2D eigenvalue weighted by Gasteiger charge is 2.18. The molecule has 1 saturated carbocycles. The summed E-state index contributed by atoms with van der Waals surface area (Å²) in [7, 11) is 1.93. The first kappa shape index (κ1) is 15.5. The summed E-state index contributed by atoms with van der Waals surface area (Å²) < 4.78 is 0. The molecule has 0 radical (unpaired) electrons. The smallest absolute Gasteiger partial charge is 0.222 e. The zero-order valence-electron chi connectivity index (χ0n) is 12.4. The Morgan fingerprint density at radius 2 is 1.89 bits per heavy atom. The van der Waals surface area contributed by atoms with Crippen molar-refractivity contribution in [2.24, 2.45) is 11.7 Å². The van der Waals surface area contributed by atoms with Crippen LogP contribution in [0, 0.1) is 5.92 Å². The summed E-state index contributed by atoms with van der Waals surface area (Å²) in [4.78, 5) is 13.8. The molecule has 0 aromatic heterocycles. The molecule has 0 aromatic carbocycles. The highest BCUT2D eigenvalue weighted by molar-refractivity contribution is 5.75. The molecule has 0 unspecified atom stereocenters. The Kier molecular flexibility index (Phi) is 6.13. The molecule has 1 rings (SSSR count). The third-order valence-corrected chi connectivity index (χ3v) is 4.01. The highest BCUT2D eigenvalue weighted by Crippen LogP contribution is 2.26. The maximum Gasteiger partial charge on any atom is 0.222 e. The van der Waals surface area contributed by atoms with Crippen molar-refractivity contribution in [2.45, 2.75) is 70.8 Å². The molecule has 0 spiro atoms. The summed E-state index contributed by atoms with van der Waals surface area (Å²) in [5.74, 6) is 1.09. The van der Waals surface area contributed by atoms with Crippen molar-refractivity contribution in [1.82, 2.24) is 4.90 Å². The third kappa shape index (κ3) is 6.39. The van der Waals surface area contributed by atoms with Gasteiger partial charge in [-0.05, 0) is 32.6 Å². The van der Waals surface area contributed by atoms with E-state index in [4.69, 9.17) is 5.73 Å². The van der Waals surface area contributed by atoms with Gasteiger partial charge in [0.2, 0.25) is 5.91 Å². The van der Waals surface area contributed by atoms with E-state index < -0.39 is 0 Å². The number of hydrogen-bond acceptors (Lipinski definition) is 2. The lowest BCUT2D eigenvalue weighted by Crippen LogP contribution is -2.35. The van der Waals surface area contributed by atoms with Crippen LogP contribution in [0.1, 0.15) is 65.2 Å². The summed E-state index contributed by atoms with van der Waals surface area (Å²) in [5.41, 5.74) is 5.67. The Balaban J connectivity index is 2.18. The molecule has 1 fully saturated rings. The molecule has 1 aliphatic rings. The van der Waals surface area contributed by atoms with Gasteiger partial charge in [-0.3, -0.25) is 4.79 Å². The second-order valence-electron chi connectivity index (χ2n) is 6.60. The van der Waals surface area contributed by atoms with E-state index >= 15 is 0 Å². The Bertz CT molecular complexity index is 252. The van der Waals surface area contributed by atoms with Gasteiger partial charge in [-0.25, -0.2) is 0 Å². The van der Waals surface area contributed by atoms with E-state index in [1.807, 2.05) is 25.8 Å². The van der Waals surface area contributed by atoms with E-state index in [9.17, 15) is 4.79 Å². The van der Waals surface area contributed by atoms with Crippen LogP contribution in [0.3, 0.4) is 0 Å². The minimum Gasteiger partial charge on any atom is -0.346 e. The molecule has 1 amide bonds. The molecular weight excluding hydrogens is 224 g/mol. The normalized spacial score (nSPS) is 17.8. The maximum absolute atomic E-state index is 11.9. The van der Waals surface area contributed by atoms with Crippen LogP contribution in [0.5, 0.6) is 0 Å². The first-order valence-corrected chi connectivity index (χ1v) is 7.41. The zero-order valence-corrected chi connectivity index (χ0v) is 12.4. The van der Waals surface area contributed by atoms with Crippen molar-refractivity contribution in [3.05, 3.63) is 0 Å². The van der Waals surface area contributed by atoms with Gasteiger partial charge < -0.3 is 10.6 Å². The largest absolute Gasteiger partial charge is 0.346 e. The van der Waals surface area contributed by atoms with Gasteiger partial charge in [-0.2, -0.15) is 0 Å². The van der Waals surface area contributed by atoms with Crippen LogP contribution in [0.25, 0.3) is 0 Å². The van der Waals surface area contributed by atoms with Gasteiger partial charge in [-0.15, -0.1) is 0 Å². The molecule has 0 aromatic rings. The lowest BCUT2D eigenvalue weighted by atomic mass is 9.87. The lowest BCUT2D eigenvalue weighted by Gasteiger charge is -2.25. The number of nitrogens with zero attached hydrogens (tertiary/aromatic N) is 1. The van der Waals surface area contributed by atoms with E-state index in [2.05, 4.69) is 0 Å². The molecule has 0 atom stereocenters. The maximum atomic E-state index is 11.9. The van der Waals surface area contributed by atoms with Crippen LogP contribution < -0.4 is 5.73 Å². The molecule has 0 saturated heterocycles. The molecule has 3 nitrogen and oxygen atoms in total. The number of carbonyl (C=O) groups is 1. The predicted molar refractivity (Wildman–Crippen MR) is 76.3 cm³/mol. The average Bonchev–Trinajstić information content (AvgIpc) is 2.33. The van der Waals surface area contributed by atoms with Crippen molar-refractivity contribution in [1.29, 1.82) is 0 Å². The molecule has 0 aliphatic heterocycles. The monoisotopic (exact) mass is 254 g/mol. The minimum absolute atomic E-state index is 0.236. The molecule has 18 heavy (non-hydrogen) atoms. The second-order valence-corrected chi connectivity index (χ2v) is 6.60. The Morgan fingerprint density at radius 1 is 1.28 bits per heavy atom. The van der Waals surface area contributed by atoms with Crippen molar-refractivity contribution in [2.75, 3.05) is 13.6 Å². The molecule has 2 N–H and O–H groups in total. The fourth-order valence-electron chi connectivity index (χ4n) is 2.60. The SMILES string of the molecule is CN(CCC1CCCCC1)C(=O)CCC(C)(C)N. The first-order valence-electron chi connectivity index (χ1n) is 7.41. The van der Waals surface area contributed by atoms with E-state index in [0.717, 1.165) is 18.9 Å². The number of amides is 1.